The van der Waals surface area contributed by atoms with E-state index in [0.29, 0.717) is 17.5 Å². The van der Waals surface area contributed by atoms with E-state index in [1.165, 1.54) is 24.0 Å². The van der Waals surface area contributed by atoms with Gasteiger partial charge in [-0.15, -0.1) is 0 Å². The zero-order valence-electron chi connectivity index (χ0n) is 13.8. The molecule has 0 amide bonds. The first kappa shape index (κ1) is 15.4. The summed E-state index contributed by atoms with van der Waals surface area (Å²) in [4.78, 5) is 0. The Balaban J connectivity index is 2.12. The molecule has 0 radical (unpaired) electrons. The van der Waals surface area contributed by atoms with Crippen LogP contribution in [0.15, 0.2) is 18.2 Å². The molecular weight excluding hydrogens is 246 g/mol. The smallest absolute Gasteiger partial charge is 0.123 e. The van der Waals surface area contributed by atoms with E-state index in [0.717, 1.165) is 11.7 Å². The average molecular weight is 275 g/mol. The minimum atomic E-state index is 0.325. The van der Waals surface area contributed by atoms with Gasteiger partial charge in [0, 0.05) is 17.6 Å². The summed E-state index contributed by atoms with van der Waals surface area (Å²) in [7, 11) is 1.75. The summed E-state index contributed by atoms with van der Waals surface area (Å²) >= 11 is 0. The second-order valence-electron chi connectivity index (χ2n) is 7.29. The Kier molecular flexibility index (Phi) is 4.43. The Hall–Kier alpha value is -1.02. The molecular formula is C18H29NO. The monoisotopic (exact) mass is 275 g/mol. The molecule has 3 atom stereocenters. The molecule has 0 bridgehead atoms. The molecule has 0 spiro atoms. The van der Waals surface area contributed by atoms with Crippen LogP contribution in [0.25, 0.3) is 0 Å². The molecule has 1 N–H and O–H groups in total. The Bertz CT molecular complexity index is 466. The first-order valence-electron chi connectivity index (χ1n) is 7.73. The lowest BCUT2D eigenvalue weighted by Gasteiger charge is -2.25. The fraction of sp³-hybridized carbons (Fsp3) is 0.667. The quantitative estimate of drug-likeness (QED) is 0.875. The summed E-state index contributed by atoms with van der Waals surface area (Å²) in [5.41, 5.74) is 3.02. The Labute approximate surface area is 123 Å². The third-order valence-electron chi connectivity index (χ3n) is 4.65. The van der Waals surface area contributed by atoms with Gasteiger partial charge in [-0.2, -0.15) is 0 Å². The number of aryl methyl sites for hydroxylation is 1. The molecule has 0 aromatic heterocycles. The number of hydrogen-bond acceptors (Lipinski definition) is 2. The van der Waals surface area contributed by atoms with Crippen LogP contribution in [0.1, 0.15) is 57.7 Å². The summed E-state index contributed by atoms with van der Waals surface area (Å²) < 4.78 is 5.51. The highest BCUT2D eigenvalue weighted by atomic mass is 16.5. The van der Waals surface area contributed by atoms with Crippen LogP contribution in [0.2, 0.25) is 0 Å². The van der Waals surface area contributed by atoms with Crippen LogP contribution in [0.5, 0.6) is 5.75 Å². The molecule has 0 saturated heterocycles. The second-order valence-corrected chi connectivity index (χ2v) is 7.29. The molecule has 1 saturated carbocycles. The molecule has 1 aromatic rings. The first-order chi connectivity index (χ1) is 9.32. The van der Waals surface area contributed by atoms with Crippen LogP contribution in [-0.2, 0) is 0 Å². The molecule has 1 aliphatic carbocycles. The average Bonchev–Trinajstić information content (AvgIpc) is 2.62. The normalized spacial score (nSPS) is 26.5. The fourth-order valence-corrected chi connectivity index (χ4v) is 3.72. The van der Waals surface area contributed by atoms with E-state index in [-0.39, 0.29) is 0 Å². The van der Waals surface area contributed by atoms with Crippen molar-refractivity contribution in [3.63, 3.8) is 0 Å². The number of methoxy groups -OCH3 is 1. The molecule has 1 aromatic carbocycles. The van der Waals surface area contributed by atoms with Crippen LogP contribution in [0.4, 0.5) is 0 Å². The van der Waals surface area contributed by atoms with E-state index in [4.69, 9.17) is 4.74 Å². The highest BCUT2D eigenvalue weighted by molar-refractivity contribution is 5.39. The zero-order valence-corrected chi connectivity index (χ0v) is 13.8. The molecule has 2 nitrogen and oxygen atoms in total. The van der Waals surface area contributed by atoms with Crippen LogP contribution in [-0.4, -0.2) is 13.2 Å². The van der Waals surface area contributed by atoms with Crippen molar-refractivity contribution in [3.8, 4) is 5.75 Å². The van der Waals surface area contributed by atoms with Crippen molar-refractivity contribution in [3.05, 3.63) is 29.3 Å². The summed E-state index contributed by atoms with van der Waals surface area (Å²) in [6.45, 7) is 11.5. The maximum Gasteiger partial charge on any atom is 0.123 e. The molecule has 1 fully saturated rings. The van der Waals surface area contributed by atoms with Gasteiger partial charge in [-0.1, -0.05) is 38.5 Å². The van der Waals surface area contributed by atoms with Gasteiger partial charge < -0.3 is 10.1 Å². The Morgan fingerprint density at radius 3 is 2.55 bits per heavy atom. The van der Waals surface area contributed by atoms with Crippen LogP contribution >= 0.6 is 0 Å². The van der Waals surface area contributed by atoms with Crippen molar-refractivity contribution in [2.75, 3.05) is 7.11 Å². The minimum Gasteiger partial charge on any atom is -0.496 e. The maximum atomic E-state index is 5.51. The Morgan fingerprint density at radius 2 is 2.00 bits per heavy atom. The van der Waals surface area contributed by atoms with Gasteiger partial charge >= 0.3 is 0 Å². The lowest BCUT2D eigenvalue weighted by Crippen LogP contribution is -2.34. The summed E-state index contributed by atoms with van der Waals surface area (Å²) in [6.07, 6.45) is 2.56. The van der Waals surface area contributed by atoms with Gasteiger partial charge in [0.05, 0.1) is 7.11 Å². The van der Waals surface area contributed by atoms with Crippen LogP contribution < -0.4 is 10.1 Å². The Morgan fingerprint density at radius 1 is 1.30 bits per heavy atom. The third kappa shape index (κ3) is 3.35. The van der Waals surface area contributed by atoms with Gasteiger partial charge in [0.2, 0.25) is 0 Å². The number of hydrogen-bond donors (Lipinski definition) is 1. The highest BCUT2D eigenvalue weighted by Gasteiger charge is 2.37. The molecule has 20 heavy (non-hydrogen) atoms. The van der Waals surface area contributed by atoms with E-state index >= 15 is 0 Å². The standard InChI is InChI=1S/C18H29NO/c1-12-7-8-17(20-6)15(9-12)14(3)19-16-11-18(4,5)10-13(16)2/h7-9,13-14,16,19H,10-11H2,1-6H3. The van der Waals surface area contributed by atoms with Crippen LogP contribution in [0, 0.1) is 18.3 Å². The summed E-state index contributed by atoms with van der Waals surface area (Å²) in [6, 6.07) is 7.35. The minimum absolute atomic E-state index is 0.325. The van der Waals surface area contributed by atoms with Crippen molar-refractivity contribution in [2.24, 2.45) is 11.3 Å². The number of nitrogens with one attached hydrogen (secondary N) is 1. The van der Waals surface area contributed by atoms with Gasteiger partial charge in [0.15, 0.2) is 0 Å². The zero-order chi connectivity index (χ0) is 14.9. The van der Waals surface area contributed by atoms with Gasteiger partial charge in [0.1, 0.15) is 5.75 Å². The lowest BCUT2D eigenvalue weighted by atomic mass is 9.91. The van der Waals surface area contributed by atoms with Crippen molar-refractivity contribution in [1.82, 2.24) is 5.32 Å². The fourth-order valence-electron chi connectivity index (χ4n) is 3.72. The SMILES string of the molecule is COc1ccc(C)cc1C(C)NC1CC(C)(C)CC1C. The molecule has 0 aliphatic heterocycles. The first-order valence-corrected chi connectivity index (χ1v) is 7.73. The molecule has 2 heteroatoms. The number of benzene rings is 1. The number of ether oxygens (including phenoxy) is 1. The largest absolute Gasteiger partial charge is 0.496 e. The van der Waals surface area contributed by atoms with Crippen LogP contribution in [0.3, 0.4) is 0 Å². The van der Waals surface area contributed by atoms with E-state index in [9.17, 15) is 0 Å². The summed E-state index contributed by atoms with van der Waals surface area (Å²) in [5, 5.41) is 3.82. The van der Waals surface area contributed by atoms with E-state index < -0.39 is 0 Å². The summed E-state index contributed by atoms with van der Waals surface area (Å²) in [5.74, 6) is 1.73. The van der Waals surface area contributed by atoms with Crippen molar-refractivity contribution in [1.29, 1.82) is 0 Å². The molecule has 112 valence electrons. The predicted molar refractivity (Wildman–Crippen MR) is 85.2 cm³/mol. The molecule has 3 unspecified atom stereocenters. The van der Waals surface area contributed by atoms with Gasteiger partial charge in [-0.05, 0) is 44.1 Å². The lowest BCUT2D eigenvalue weighted by molar-refractivity contribution is 0.351. The van der Waals surface area contributed by atoms with Gasteiger partial charge in [-0.25, -0.2) is 0 Å². The van der Waals surface area contributed by atoms with E-state index in [1.807, 2.05) is 0 Å². The van der Waals surface area contributed by atoms with E-state index in [1.54, 1.807) is 7.11 Å². The number of rotatable bonds is 4. The third-order valence-corrected chi connectivity index (χ3v) is 4.65. The van der Waals surface area contributed by atoms with E-state index in [2.05, 4.69) is 58.1 Å². The van der Waals surface area contributed by atoms with Crippen molar-refractivity contribution < 1.29 is 4.74 Å². The van der Waals surface area contributed by atoms with Crippen molar-refractivity contribution in [2.45, 2.75) is 59.5 Å². The highest BCUT2D eigenvalue weighted by Crippen LogP contribution is 2.42. The topological polar surface area (TPSA) is 21.3 Å². The molecule has 1 aliphatic rings. The molecule has 2 rings (SSSR count). The van der Waals surface area contributed by atoms with Gasteiger partial charge in [-0.3, -0.25) is 0 Å². The maximum absolute atomic E-state index is 5.51. The molecule has 0 heterocycles. The van der Waals surface area contributed by atoms with Gasteiger partial charge in [0.25, 0.3) is 0 Å². The predicted octanol–water partition coefficient (Wildman–Crippen LogP) is 4.48. The van der Waals surface area contributed by atoms with Crippen molar-refractivity contribution >= 4 is 0 Å². The second kappa shape index (κ2) is 5.77.